The summed E-state index contributed by atoms with van der Waals surface area (Å²) >= 11 is 3.08. The maximum absolute atomic E-state index is 10.2. The van der Waals surface area contributed by atoms with Gasteiger partial charge in [0.2, 0.25) is 0 Å². The van der Waals surface area contributed by atoms with Crippen molar-refractivity contribution in [2.45, 2.75) is 6.92 Å². The van der Waals surface area contributed by atoms with Crippen molar-refractivity contribution in [2.75, 3.05) is 18.1 Å². The average molecular weight is 482 g/mol. The molecule has 3 aromatic carbocycles. The minimum absolute atomic E-state index is 0.535. The molecule has 166 valence electrons. The van der Waals surface area contributed by atoms with Gasteiger partial charge in [-0.3, -0.25) is 0 Å². The van der Waals surface area contributed by atoms with E-state index in [4.69, 9.17) is 14.5 Å². The number of hydrogen-bond acceptors (Lipinski definition) is 7. The molecule has 2 aliphatic rings. The van der Waals surface area contributed by atoms with Gasteiger partial charge in [-0.2, -0.15) is 5.26 Å². The molecule has 3 heterocycles. The normalized spacial score (nSPS) is 16.4. The van der Waals surface area contributed by atoms with Crippen molar-refractivity contribution in [3.05, 3.63) is 93.3 Å². The summed E-state index contributed by atoms with van der Waals surface area (Å²) in [5, 5.41) is 13.9. The van der Waals surface area contributed by atoms with Crippen LogP contribution in [-0.2, 0) is 0 Å². The summed E-state index contributed by atoms with van der Waals surface area (Å²) in [4.78, 5) is 6.90. The topological polar surface area (TPSA) is 58.4 Å². The third kappa shape index (κ3) is 3.61. The summed E-state index contributed by atoms with van der Waals surface area (Å²) in [7, 11) is 0. The number of ether oxygens (including phenoxy) is 2. The number of aryl methyl sites for hydroxylation is 1. The molecule has 0 spiro atoms. The van der Waals surface area contributed by atoms with Crippen LogP contribution in [0.1, 0.15) is 16.1 Å². The molecule has 0 atom stereocenters. The maximum atomic E-state index is 10.2. The monoisotopic (exact) mass is 481 g/mol. The zero-order valence-corrected chi connectivity index (χ0v) is 20.0. The lowest BCUT2D eigenvalue weighted by Crippen LogP contribution is -2.18. The van der Waals surface area contributed by atoms with Crippen molar-refractivity contribution in [3.63, 3.8) is 0 Å². The maximum Gasteiger partial charge on any atom is 0.162 e. The molecule has 5 nitrogen and oxygen atoms in total. The molecule has 0 amide bonds. The van der Waals surface area contributed by atoms with Crippen molar-refractivity contribution in [2.24, 2.45) is 0 Å². The number of rotatable bonds is 3. The van der Waals surface area contributed by atoms with Crippen molar-refractivity contribution < 1.29 is 9.47 Å². The van der Waals surface area contributed by atoms with Crippen LogP contribution < -0.4 is 14.4 Å². The highest BCUT2D eigenvalue weighted by Gasteiger charge is 2.30. The van der Waals surface area contributed by atoms with E-state index < -0.39 is 0 Å². The Morgan fingerprint density at radius 2 is 1.79 bits per heavy atom. The SMILES string of the molecule is Cc1ccc(N2C(c3ccc4c(c3)OCCO4)=CSC2=C(C#N)c2nc3ccccc3s2)cc1. The van der Waals surface area contributed by atoms with Gasteiger partial charge in [-0.15, -0.1) is 11.3 Å². The number of nitriles is 1. The van der Waals surface area contributed by atoms with Crippen molar-refractivity contribution in [3.8, 4) is 17.6 Å². The van der Waals surface area contributed by atoms with Crippen LogP contribution in [0.2, 0.25) is 0 Å². The van der Waals surface area contributed by atoms with Crippen molar-refractivity contribution in [1.82, 2.24) is 4.98 Å². The molecule has 0 radical (unpaired) electrons. The van der Waals surface area contributed by atoms with Crippen LogP contribution in [-0.4, -0.2) is 18.2 Å². The molecule has 34 heavy (non-hydrogen) atoms. The number of anilines is 1. The van der Waals surface area contributed by atoms with Crippen LogP contribution in [0.5, 0.6) is 11.5 Å². The Morgan fingerprint density at radius 3 is 2.59 bits per heavy atom. The molecular weight excluding hydrogens is 462 g/mol. The Kier molecular flexibility index (Phi) is 5.25. The number of fused-ring (bicyclic) bond motifs is 2. The van der Waals surface area contributed by atoms with E-state index in [0.29, 0.717) is 18.8 Å². The summed E-state index contributed by atoms with van der Waals surface area (Å²) in [5.74, 6) is 1.49. The van der Waals surface area contributed by atoms with Gasteiger partial charge in [-0.1, -0.05) is 41.6 Å². The number of nitrogens with zero attached hydrogens (tertiary/aromatic N) is 3. The fraction of sp³-hybridized carbons (Fsp3) is 0.111. The number of hydrogen-bond donors (Lipinski definition) is 0. The van der Waals surface area contributed by atoms with Gasteiger partial charge in [0.25, 0.3) is 0 Å². The lowest BCUT2D eigenvalue weighted by atomic mass is 10.1. The standard InChI is InChI=1S/C27H19N3O2S2/c1-17-6-9-19(10-7-17)30-22(18-8-11-23-24(14-18)32-13-12-31-23)16-33-27(30)20(15-28)26-29-21-4-2-3-5-25(21)34-26/h2-11,14,16H,12-13H2,1H3. The van der Waals surface area contributed by atoms with E-state index in [2.05, 4.69) is 47.6 Å². The summed E-state index contributed by atoms with van der Waals surface area (Å²) in [5.41, 5.74) is 5.61. The number of para-hydroxylation sites is 1. The van der Waals surface area contributed by atoms with Crippen LogP contribution in [0.15, 0.2) is 77.2 Å². The smallest absolute Gasteiger partial charge is 0.162 e. The second-order valence-electron chi connectivity index (χ2n) is 7.93. The second kappa shape index (κ2) is 8.56. The molecule has 0 aliphatic carbocycles. The molecule has 0 bridgehead atoms. The van der Waals surface area contributed by atoms with Gasteiger partial charge < -0.3 is 14.4 Å². The second-order valence-corrected chi connectivity index (χ2v) is 9.82. The first kappa shape index (κ1) is 20.8. The number of allylic oxidation sites excluding steroid dienone is 1. The van der Waals surface area contributed by atoms with Crippen LogP contribution in [0.3, 0.4) is 0 Å². The summed E-state index contributed by atoms with van der Waals surface area (Å²) < 4.78 is 12.6. The molecule has 4 aromatic rings. The minimum atomic E-state index is 0.535. The lowest BCUT2D eigenvalue weighted by Gasteiger charge is -2.26. The Hall–Kier alpha value is -3.73. The molecule has 6 rings (SSSR count). The van der Waals surface area contributed by atoms with E-state index in [1.165, 1.54) is 5.56 Å². The van der Waals surface area contributed by atoms with Gasteiger partial charge in [0.15, 0.2) is 11.5 Å². The Morgan fingerprint density at radius 1 is 1.00 bits per heavy atom. The van der Waals surface area contributed by atoms with Crippen LogP contribution in [0.25, 0.3) is 21.5 Å². The average Bonchev–Trinajstić information content (AvgIpc) is 3.50. The number of aromatic nitrogens is 1. The summed E-state index contributed by atoms with van der Waals surface area (Å²) in [6.45, 7) is 3.16. The van der Waals surface area contributed by atoms with E-state index in [0.717, 1.165) is 48.7 Å². The van der Waals surface area contributed by atoms with Gasteiger partial charge in [-0.25, -0.2) is 4.98 Å². The number of thioether (sulfide) groups is 1. The number of thiazole rings is 1. The predicted molar refractivity (Wildman–Crippen MR) is 139 cm³/mol. The zero-order chi connectivity index (χ0) is 23.1. The largest absolute Gasteiger partial charge is 0.486 e. The van der Waals surface area contributed by atoms with Gasteiger partial charge in [-0.05, 0) is 49.4 Å². The molecule has 0 saturated heterocycles. The molecule has 0 unspecified atom stereocenters. The molecule has 0 N–H and O–H groups in total. The lowest BCUT2D eigenvalue weighted by molar-refractivity contribution is 0.171. The molecule has 7 heteroatoms. The Labute approximate surface area is 205 Å². The highest BCUT2D eigenvalue weighted by molar-refractivity contribution is 8.06. The highest BCUT2D eigenvalue weighted by atomic mass is 32.2. The van der Waals surface area contributed by atoms with Gasteiger partial charge in [0.1, 0.15) is 34.9 Å². The Bertz CT molecular complexity index is 1480. The van der Waals surface area contributed by atoms with E-state index >= 15 is 0 Å². The van der Waals surface area contributed by atoms with Crippen LogP contribution in [0.4, 0.5) is 5.69 Å². The minimum Gasteiger partial charge on any atom is -0.486 e. The first-order valence-corrected chi connectivity index (χ1v) is 12.5. The number of benzene rings is 3. The molecule has 0 fully saturated rings. The van der Waals surface area contributed by atoms with E-state index in [-0.39, 0.29) is 0 Å². The van der Waals surface area contributed by atoms with Crippen molar-refractivity contribution >= 4 is 50.3 Å². The summed E-state index contributed by atoms with van der Waals surface area (Å²) in [6.07, 6.45) is 0. The van der Waals surface area contributed by atoms with E-state index in [1.807, 2.05) is 42.5 Å². The third-order valence-corrected chi connectivity index (χ3v) is 7.69. The third-order valence-electron chi connectivity index (χ3n) is 5.69. The summed E-state index contributed by atoms with van der Waals surface area (Å²) in [6, 6.07) is 24.7. The fourth-order valence-corrected chi connectivity index (χ4v) is 6.07. The van der Waals surface area contributed by atoms with Gasteiger partial charge in [0, 0.05) is 16.7 Å². The molecule has 2 aliphatic heterocycles. The van der Waals surface area contributed by atoms with Gasteiger partial charge >= 0.3 is 0 Å². The van der Waals surface area contributed by atoms with Crippen LogP contribution in [0, 0.1) is 18.3 Å². The Balaban J connectivity index is 1.50. The van der Waals surface area contributed by atoms with Gasteiger partial charge in [0.05, 0.1) is 15.9 Å². The fourth-order valence-electron chi connectivity index (χ4n) is 4.01. The van der Waals surface area contributed by atoms with Crippen LogP contribution >= 0.6 is 23.1 Å². The van der Waals surface area contributed by atoms with E-state index in [9.17, 15) is 5.26 Å². The predicted octanol–water partition coefficient (Wildman–Crippen LogP) is 6.82. The van der Waals surface area contributed by atoms with Crippen molar-refractivity contribution in [1.29, 1.82) is 5.26 Å². The first-order chi connectivity index (χ1) is 16.7. The molecule has 0 saturated carbocycles. The molecular formula is C27H19N3O2S2. The zero-order valence-electron chi connectivity index (χ0n) is 18.3. The molecule has 1 aromatic heterocycles. The quantitative estimate of drug-likeness (QED) is 0.299. The van der Waals surface area contributed by atoms with E-state index in [1.54, 1.807) is 23.1 Å². The first-order valence-electron chi connectivity index (χ1n) is 10.9. The highest BCUT2D eigenvalue weighted by Crippen LogP contribution is 2.48.